The third-order valence-electron chi connectivity index (χ3n) is 4.87. The van der Waals surface area contributed by atoms with E-state index in [2.05, 4.69) is 0 Å². The molecule has 130 valence electrons. The molecule has 3 aromatic carbocycles. The number of halogens is 3. The average Bonchev–Trinajstić information content (AvgIpc) is 3.00. The lowest BCUT2D eigenvalue weighted by Crippen LogP contribution is -2.43. The number of para-hydroxylation sites is 1. The maximum atomic E-state index is 10.6. The molecule has 26 heavy (non-hydrogen) atoms. The molecule has 0 bridgehead atoms. The first-order valence-corrected chi connectivity index (χ1v) is 9.23. The van der Waals surface area contributed by atoms with Crippen molar-refractivity contribution in [3.8, 4) is 11.5 Å². The molecule has 0 aliphatic carbocycles. The number of rotatable bonds is 1. The van der Waals surface area contributed by atoms with Gasteiger partial charge in [-0.15, -0.1) is 0 Å². The van der Waals surface area contributed by atoms with Crippen LogP contribution in [0.15, 0.2) is 60.7 Å². The fourth-order valence-corrected chi connectivity index (χ4v) is 4.56. The molecule has 2 atom stereocenters. The standard InChI is InChI=1S/C20H12Cl3NO2/c21-13-9-10-14-16(18(13)25)12-7-4-8-15-17(12)24(14)20(23,19(22)26-15)11-5-2-1-3-6-11/h1-10,19,25H. The zero-order valence-corrected chi connectivity index (χ0v) is 15.6. The van der Waals surface area contributed by atoms with Crippen molar-refractivity contribution in [2.45, 2.75) is 10.6 Å². The van der Waals surface area contributed by atoms with Crippen molar-refractivity contribution in [1.29, 1.82) is 0 Å². The molecule has 2 unspecified atom stereocenters. The summed E-state index contributed by atoms with van der Waals surface area (Å²) in [4.78, 5) is -1.18. The van der Waals surface area contributed by atoms with Crippen LogP contribution in [0.25, 0.3) is 21.8 Å². The van der Waals surface area contributed by atoms with Gasteiger partial charge in [-0.05, 0) is 23.8 Å². The lowest BCUT2D eigenvalue weighted by molar-refractivity contribution is 0.198. The van der Waals surface area contributed by atoms with Crippen molar-refractivity contribution in [3.63, 3.8) is 0 Å². The van der Waals surface area contributed by atoms with Crippen LogP contribution >= 0.6 is 34.8 Å². The normalized spacial score (nSPS) is 21.9. The first kappa shape index (κ1) is 16.1. The van der Waals surface area contributed by atoms with E-state index in [0.29, 0.717) is 11.1 Å². The van der Waals surface area contributed by atoms with Gasteiger partial charge in [0.25, 0.3) is 0 Å². The van der Waals surface area contributed by atoms with Gasteiger partial charge in [-0.1, -0.05) is 77.3 Å². The van der Waals surface area contributed by atoms with Crippen LogP contribution in [0.2, 0.25) is 5.02 Å². The summed E-state index contributed by atoms with van der Waals surface area (Å²) in [6.07, 6.45) is 0. The van der Waals surface area contributed by atoms with Gasteiger partial charge >= 0.3 is 0 Å². The van der Waals surface area contributed by atoms with Gasteiger partial charge in [0.15, 0.2) is 5.00 Å². The number of nitrogens with zero attached hydrogens (tertiary/aromatic N) is 1. The molecular weight excluding hydrogens is 393 g/mol. The Morgan fingerprint density at radius 1 is 1.00 bits per heavy atom. The van der Waals surface area contributed by atoms with Crippen LogP contribution < -0.4 is 4.74 Å². The van der Waals surface area contributed by atoms with Crippen LogP contribution in [0.1, 0.15) is 5.56 Å². The third kappa shape index (κ3) is 1.91. The zero-order valence-electron chi connectivity index (χ0n) is 13.3. The number of phenols is 1. The molecule has 5 rings (SSSR count). The van der Waals surface area contributed by atoms with Crippen LogP contribution in [0.5, 0.6) is 11.5 Å². The topological polar surface area (TPSA) is 34.4 Å². The van der Waals surface area contributed by atoms with E-state index in [1.54, 1.807) is 6.07 Å². The van der Waals surface area contributed by atoms with E-state index in [-0.39, 0.29) is 10.8 Å². The lowest BCUT2D eigenvalue weighted by Gasteiger charge is -2.38. The molecule has 1 N–H and O–H groups in total. The lowest BCUT2D eigenvalue weighted by atomic mass is 10.0. The molecule has 4 aromatic rings. The Labute approximate surface area is 164 Å². The number of fused-ring (bicyclic) bond motifs is 3. The van der Waals surface area contributed by atoms with Crippen LogP contribution in [-0.2, 0) is 5.00 Å². The maximum absolute atomic E-state index is 10.6. The van der Waals surface area contributed by atoms with E-state index in [4.69, 9.17) is 39.5 Å². The molecule has 0 saturated heterocycles. The number of aromatic nitrogens is 1. The van der Waals surface area contributed by atoms with Crippen molar-refractivity contribution < 1.29 is 9.84 Å². The second-order valence-corrected chi connectivity index (χ2v) is 7.63. The SMILES string of the molecule is Oc1c(Cl)ccc2c1c1cccc3c1n2C(Cl)(c1ccccc1)C(Cl)O3. The van der Waals surface area contributed by atoms with E-state index in [1.165, 1.54) is 0 Å². The predicted molar refractivity (Wildman–Crippen MR) is 106 cm³/mol. The van der Waals surface area contributed by atoms with Gasteiger partial charge in [-0.25, -0.2) is 0 Å². The number of aromatic hydroxyl groups is 1. The highest BCUT2D eigenvalue weighted by Crippen LogP contribution is 2.52. The highest BCUT2D eigenvalue weighted by molar-refractivity contribution is 6.35. The Morgan fingerprint density at radius 3 is 2.54 bits per heavy atom. The fourth-order valence-electron chi connectivity index (χ4n) is 3.74. The molecule has 6 heteroatoms. The van der Waals surface area contributed by atoms with Gasteiger partial charge in [0.2, 0.25) is 5.56 Å². The molecule has 1 aromatic heterocycles. The van der Waals surface area contributed by atoms with Gasteiger partial charge < -0.3 is 14.4 Å². The van der Waals surface area contributed by atoms with E-state index in [9.17, 15) is 5.11 Å². The number of phenolic OH excluding ortho intramolecular Hbond substituents is 1. The largest absolute Gasteiger partial charge is 0.506 e. The van der Waals surface area contributed by atoms with Gasteiger partial charge in [-0.3, -0.25) is 0 Å². The molecule has 0 spiro atoms. The second kappa shape index (κ2) is 5.46. The Balaban J connectivity index is 2.02. The van der Waals surface area contributed by atoms with Crippen LogP contribution in [0.3, 0.4) is 0 Å². The molecule has 1 aliphatic heterocycles. The molecular formula is C20H12Cl3NO2. The average molecular weight is 405 g/mol. The Kier molecular flexibility index (Phi) is 3.39. The van der Waals surface area contributed by atoms with Gasteiger partial charge in [0.1, 0.15) is 11.5 Å². The van der Waals surface area contributed by atoms with E-state index in [0.717, 1.165) is 22.0 Å². The van der Waals surface area contributed by atoms with Gasteiger partial charge in [0.05, 0.1) is 21.4 Å². The summed E-state index contributed by atoms with van der Waals surface area (Å²) in [6, 6.07) is 18.6. The maximum Gasteiger partial charge on any atom is 0.213 e. The predicted octanol–water partition coefficient (Wildman–Crippen LogP) is 6.05. The second-order valence-electron chi connectivity index (χ2n) is 6.25. The Bertz CT molecular complexity index is 1170. The summed E-state index contributed by atoms with van der Waals surface area (Å²) >= 11 is 20.0. The molecule has 3 nitrogen and oxygen atoms in total. The first-order chi connectivity index (χ1) is 12.5. The highest BCUT2D eigenvalue weighted by atomic mass is 35.5. The van der Waals surface area contributed by atoms with Crippen LogP contribution in [0.4, 0.5) is 0 Å². The monoisotopic (exact) mass is 403 g/mol. The minimum absolute atomic E-state index is 0.0187. The van der Waals surface area contributed by atoms with E-state index in [1.807, 2.05) is 59.2 Å². The fraction of sp³-hybridized carbons (Fsp3) is 0.100. The number of hydrogen-bond acceptors (Lipinski definition) is 2. The minimum Gasteiger partial charge on any atom is -0.506 e. The van der Waals surface area contributed by atoms with Crippen molar-refractivity contribution in [1.82, 2.24) is 4.57 Å². The highest BCUT2D eigenvalue weighted by Gasteiger charge is 2.47. The number of alkyl halides is 2. The molecule has 2 heterocycles. The smallest absolute Gasteiger partial charge is 0.213 e. The first-order valence-electron chi connectivity index (χ1n) is 8.03. The van der Waals surface area contributed by atoms with Gasteiger partial charge in [0, 0.05) is 5.39 Å². The Hall–Kier alpha value is -2.07. The summed E-state index contributed by atoms with van der Waals surface area (Å²) in [7, 11) is 0. The third-order valence-corrected chi connectivity index (χ3v) is 6.28. The zero-order chi connectivity index (χ0) is 18.1. The van der Waals surface area contributed by atoms with Crippen molar-refractivity contribution in [2.24, 2.45) is 0 Å². The number of benzene rings is 3. The number of ether oxygens (including phenoxy) is 1. The molecule has 0 fully saturated rings. The van der Waals surface area contributed by atoms with E-state index < -0.39 is 10.6 Å². The number of hydrogen-bond donors (Lipinski definition) is 1. The van der Waals surface area contributed by atoms with Crippen LogP contribution in [-0.4, -0.2) is 15.2 Å². The van der Waals surface area contributed by atoms with Crippen molar-refractivity contribution in [3.05, 3.63) is 71.2 Å². The van der Waals surface area contributed by atoms with Crippen LogP contribution in [0, 0.1) is 0 Å². The molecule has 1 aliphatic rings. The van der Waals surface area contributed by atoms with E-state index >= 15 is 0 Å². The summed E-state index contributed by atoms with van der Waals surface area (Å²) < 4.78 is 7.90. The summed E-state index contributed by atoms with van der Waals surface area (Å²) in [5.74, 6) is 0.631. The van der Waals surface area contributed by atoms with Gasteiger partial charge in [-0.2, -0.15) is 0 Å². The molecule has 0 saturated carbocycles. The quantitative estimate of drug-likeness (QED) is 0.392. The molecule has 0 radical (unpaired) electrons. The van der Waals surface area contributed by atoms with Crippen molar-refractivity contribution in [2.75, 3.05) is 0 Å². The summed E-state index contributed by atoms with van der Waals surface area (Å²) in [5, 5.41) is 12.3. The minimum atomic E-state index is -1.18. The molecule has 0 amide bonds. The summed E-state index contributed by atoms with van der Waals surface area (Å²) in [6.45, 7) is 0. The Morgan fingerprint density at radius 2 is 1.77 bits per heavy atom. The summed E-state index contributed by atoms with van der Waals surface area (Å²) in [5.41, 5.74) is 1.46. The van der Waals surface area contributed by atoms with Crippen molar-refractivity contribution >= 4 is 56.6 Å².